The van der Waals surface area contributed by atoms with Gasteiger partial charge in [0.1, 0.15) is 11.2 Å². The third-order valence-corrected chi connectivity index (χ3v) is 9.91. The van der Waals surface area contributed by atoms with Gasteiger partial charge in [-0.1, -0.05) is 181 Å². The van der Waals surface area contributed by atoms with E-state index in [1.807, 2.05) is 115 Å². The SMILES string of the molecule is [2H]c1c([2H])c(-c2ccc(-c3cccc4c3oc3cccc(-c5nc(-c6ccccc6)nc(-c6ccc(-c7ccccc7)cc6)n5)c34)c3ccccc23)c([2H])c([2H])c1C. The van der Waals surface area contributed by atoms with Gasteiger partial charge >= 0.3 is 0 Å². The molecule has 2 heterocycles. The molecule has 0 fully saturated rings. The largest absolute Gasteiger partial charge is 0.455 e. The molecule has 0 bridgehead atoms. The van der Waals surface area contributed by atoms with Crippen molar-refractivity contribution in [2.75, 3.05) is 0 Å². The number of fused-ring (bicyclic) bond motifs is 4. The van der Waals surface area contributed by atoms with Crippen LogP contribution in [0.3, 0.4) is 0 Å². The lowest BCUT2D eigenvalue weighted by molar-refractivity contribution is 0.670. The Kier molecular flexibility index (Phi) is 6.67. The number of nitrogens with zero attached hydrogens (tertiary/aromatic N) is 3. The number of aromatic nitrogens is 3. The van der Waals surface area contributed by atoms with Crippen LogP contribution in [-0.2, 0) is 0 Å². The average molecular weight is 696 g/mol. The molecule has 0 unspecified atom stereocenters. The fourth-order valence-electron chi connectivity index (χ4n) is 7.29. The molecule has 0 aliphatic carbocycles. The summed E-state index contributed by atoms with van der Waals surface area (Å²) in [6.07, 6.45) is 0. The lowest BCUT2D eigenvalue weighted by Crippen LogP contribution is -2.00. The molecular weight excluding hydrogens is 659 g/mol. The van der Waals surface area contributed by atoms with Crippen LogP contribution < -0.4 is 0 Å². The maximum absolute atomic E-state index is 8.81. The van der Waals surface area contributed by atoms with Gasteiger partial charge in [0.05, 0.1) is 5.48 Å². The van der Waals surface area contributed by atoms with Crippen molar-refractivity contribution < 1.29 is 9.90 Å². The molecule has 4 nitrogen and oxygen atoms in total. The Labute approximate surface area is 318 Å². The number of hydrogen-bond donors (Lipinski definition) is 0. The molecule has 0 amide bonds. The lowest BCUT2D eigenvalue weighted by atomic mass is 9.91. The summed E-state index contributed by atoms with van der Waals surface area (Å²) in [4.78, 5) is 15.2. The third-order valence-electron chi connectivity index (χ3n) is 9.91. The molecule has 0 saturated carbocycles. The first-order valence-corrected chi connectivity index (χ1v) is 17.9. The Morgan fingerprint density at radius 2 is 0.907 bits per heavy atom. The van der Waals surface area contributed by atoms with Crippen LogP contribution >= 0.6 is 0 Å². The van der Waals surface area contributed by atoms with Gasteiger partial charge < -0.3 is 4.42 Å². The van der Waals surface area contributed by atoms with Gasteiger partial charge in [-0.25, -0.2) is 15.0 Å². The number of benzene rings is 8. The Bertz CT molecular complexity index is 3190. The molecule has 4 heteroatoms. The van der Waals surface area contributed by atoms with E-state index >= 15 is 0 Å². The second-order valence-electron chi connectivity index (χ2n) is 13.3. The van der Waals surface area contributed by atoms with Gasteiger partial charge in [-0.2, -0.15) is 0 Å². The van der Waals surface area contributed by atoms with Crippen molar-refractivity contribution in [1.82, 2.24) is 15.0 Å². The van der Waals surface area contributed by atoms with Crippen molar-refractivity contribution in [3.05, 3.63) is 187 Å². The van der Waals surface area contributed by atoms with Crippen molar-refractivity contribution >= 4 is 32.7 Å². The first kappa shape index (κ1) is 27.5. The van der Waals surface area contributed by atoms with E-state index in [1.165, 1.54) is 0 Å². The van der Waals surface area contributed by atoms with Crippen molar-refractivity contribution in [3.63, 3.8) is 0 Å². The highest BCUT2D eigenvalue weighted by molar-refractivity contribution is 6.17. The highest BCUT2D eigenvalue weighted by atomic mass is 16.3. The van der Waals surface area contributed by atoms with E-state index in [9.17, 15) is 0 Å². The van der Waals surface area contributed by atoms with E-state index in [0.29, 0.717) is 39.8 Å². The summed E-state index contributed by atoms with van der Waals surface area (Å²) >= 11 is 0. The van der Waals surface area contributed by atoms with Crippen LogP contribution in [0.25, 0.3) is 100 Å². The number of furan rings is 1. The minimum Gasteiger partial charge on any atom is -0.455 e. The van der Waals surface area contributed by atoms with E-state index in [0.717, 1.165) is 60.5 Å². The molecule has 10 aromatic rings. The third kappa shape index (κ3) is 5.53. The van der Waals surface area contributed by atoms with Gasteiger partial charge in [0.25, 0.3) is 0 Å². The minimum absolute atomic E-state index is 0.0332. The second kappa shape index (κ2) is 13.1. The van der Waals surface area contributed by atoms with Crippen molar-refractivity contribution in [2.45, 2.75) is 6.92 Å². The minimum atomic E-state index is -0.0515. The monoisotopic (exact) mass is 695 g/mol. The lowest BCUT2D eigenvalue weighted by Gasteiger charge is -2.13. The number of para-hydroxylation sites is 1. The molecule has 0 spiro atoms. The topological polar surface area (TPSA) is 51.8 Å². The van der Waals surface area contributed by atoms with Gasteiger partial charge in [-0.05, 0) is 51.6 Å². The van der Waals surface area contributed by atoms with Crippen LogP contribution in [0.15, 0.2) is 186 Å². The fraction of sp³-hybridized carbons (Fsp3) is 0.0200. The fourth-order valence-corrected chi connectivity index (χ4v) is 7.29. The molecule has 0 aliphatic heterocycles. The Morgan fingerprint density at radius 1 is 0.389 bits per heavy atom. The second-order valence-corrected chi connectivity index (χ2v) is 13.3. The van der Waals surface area contributed by atoms with Crippen molar-refractivity contribution in [3.8, 4) is 67.5 Å². The molecule has 0 atom stereocenters. The first-order chi connectivity index (χ1) is 28.4. The zero-order valence-electron chi connectivity index (χ0n) is 33.3. The molecule has 0 saturated heterocycles. The van der Waals surface area contributed by atoms with E-state index in [1.54, 1.807) is 6.92 Å². The highest BCUT2D eigenvalue weighted by Gasteiger charge is 2.20. The van der Waals surface area contributed by atoms with Crippen LogP contribution in [0.1, 0.15) is 11.0 Å². The van der Waals surface area contributed by atoms with Crippen LogP contribution in [0.5, 0.6) is 0 Å². The van der Waals surface area contributed by atoms with E-state index in [-0.39, 0.29) is 29.7 Å². The van der Waals surface area contributed by atoms with Crippen molar-refractivity contribution in [1.29, 1.82) is 0 Å². The summed E-state index contributed by atoms with van der Waals surface area (Å²) in [5, 5.41) is 3.52. The Balaban J connectivity index is 1.15. The van der Waals surface area contributed by atoms with Gasteiger partial charge in [-0.3, -0.25) is 0 Å². The standard InChI is InChI=1S/C50H33N3O/c1-32-22-24-35(25-23-32)38-30-31-41(40-17-9-8-16-39(38)40)42-18-10-19-43-46-44(20-11-21-45(46)54-47(42)43)50-52-48(36-14-6-3-7-15-36)51-49(53-50)37-28-26-34(27-29-37)33-12-4-2-5-13-33/h2-31H,1H3/i22D,23D,24D,25D. The van der Waals surface area contributed by atoms with E-state index in [4.69, 9.17) is 24.9 Å². The predicted octanol–water partition coefficient (Wildman–Crippen LogP) is 13.2. The van der Waals surface area contributed by atoms with Gasteiger partial charge in [0, 0.05) is 33.0 Å². The molecule has 0 aliphatic rings. The zero-order valence-corrected chi connectivity index (χ0v) is 29.3. The highest BCUT2D eigenvalue weighted by Crippen LogP contribution is 2.43. The summed E-state index contributed by atoms with van der Waals surface area (Å²) in [7, 11) is 0. The molecular formula is C50H33N3O. The summed E-state index contributed by atoms with van der Waals surface area (Å²) in [5.41, 5.74) is 9.28. The molecule has 54 heavy (non-hydrogen) atoms. The molecule has 2 aromatic heterocycles. The predicted molar refractivity (Wildman–Crippen MR) is 222 cm³/mol. The summed E-state index contributed by atoms with van der Waals surface area (Å²) in [5.74, 6) is 1.67. The van der Waals surface area contributed by atoms with E-state index in [2.05, 4.69) is 42.5 Å². The van der Waals surface area contributed by atoms with Gasteiger partial charge in [-0.15, -0.1) is 0 Å². The Hall–Kier alpha value is -7.17. The van der Waals surface area contributed by atoms with Crippen LogP contribution in [-0.4, -0.2) is 15.0 Å². The molecule has 254 valence electrons. The normalized spacial score (nSPS) is 12.5. The quantitative estimate of drug-likeness (QED) is 0.174. The molecule has 10 rings (SSSR count). The molecule has 0 N–H and O–H groups in total. The zero-order chi connectivity index (χ0) is 39.5. The first-order valence-electron chi connectivity index (χ1n) is 19.9. The maximum Gasteiger partial charge on any atom is 0.164 e. The van der Waals surface area contributed by atoms with Gasteiger partial charge in [0.15, 0.2) is 17.5 Å². The van der Waals surface area contributed by atoms with E-state index < -0.39 is 0 Å². The van der Waals surface area contributed by atoms with Crippen LogP contribution in [0, 0.1) is 6.92 Å². The Morgan fingerprint density at radius 3 is 1.63 bits per heavy atom. The van der Waals surface area contributed by atoms with Crippen LogP contribution in [0.2, 0.25) is 0 Å². The smallest absolute Gasteiger partial charge is 0.164 e. The molecule has 8 aromatic carbocycles. The van der Waals surface area contributed by atoms with Crippen molar-refractivity contribution in [2.24, 2.45) is 0 Å². The average Bonchev–Trinajstić information content (AvgIpc) is 3.68. The summed E-state index contributed by atoms with van der Waals surface area (Å²) < 4.78 is 41.4. The summed E-state index contributed by atoms with van der Waals surface area (Å²) in [6.45, 7) is 1.62. The summed E-state index contributed by atoms with van der Waals surface area (Å²) in [6, 6.07) is 52.2. The van der Waals surface area contributed by atoms with Gasteiger partial charge in [0.2, 0.25) is 0 Å². The van der Waals surface area contributed by atoms with Crippen LogP contribution in [0.4, 0.5) is 0 Å². The number of rotatable bonds is 6. The maximum atomic E-state index is 8.81. The number of hydrogen-bond acceptors (Lipinski definition) is 4. The molecule has 0 radical (unpaired) electrons.